The van der Waals surface area contributed by atoms with Crippen LogP contribution in [0, 0.1) is 0 Å². The molecule has 0 spiro atoms. The maximum atomic E-state index is 5.80. The van der Waals surface area contributed by atoms with Gasteiger partial charge in [-0.15, -0.1) is 0 Å². The average molecular weight is 257 g/mol. The first-order valence-electron chi connectivity index (χ1n) is 4.32. The zero-order valence-corrected chi connectivity index (χ0v) is 10.2. The maximum Gasteiger partial charge on any atom is 0.152 e. The predicted octanol–water partition coefficient (Wildman–Crippen LogP) is 3.67. The van der Waals surface area contributed by atoms with Crippen LogP contribution in [0.2, 0.25) is 5.02 Å². The van der Waals surface area contributed by atoms with Crippen LogP contribution in [-0.4, -0.2) is 4.98 Å². The Morgan fingerprint density at radius 1 is 1.33 bits per heavy atom. The van der Waals surface area contributed by atoms with Crippen molar-refractivity contribution in [1.82, 2.24) is 4.98 Å². The van der Waals surface area contributed by atoms with Crippen LogP contribution in [0.4, 0.5) is 5.00 Å². The summed E-state index contributed by atoms with van der Waals surface area (Å²) in [6.45, 7) is 0. The standard InChI is InChI=1S/C10H9ClN2S2/c11-8-3-1-7(2-4-8)6-14-10-13-5-9(12)15-10/h1-5H,6,12H2. The van der Waals surface area contributed by atoms with Crippen molar-refractivity contribution in [1.29, 1.82) is 0 Å². The molecule has 0 amide bonds. The molecule has 1 heterocycles. The molecular formula is C10H9ClN2S2. The Hall–Kier alpha value is -0.710. The number of aromatic nitrogens is 1. The molecule has 1 aromatic carbocycles. The fourth-order valence-electron chi connectivity index (χ4n) is 1.06. The Balaban J connectivity index is 1.96. The summed E-state index contributed by atoms with van der Waals surface area (Å²) in [6.07, 6.45) is 1.69. The number of rotatable bonds is 3. The van der Waals surface area contributed by atoms with Crippen molar-refractivity contribution in [3.63, 3.8) is 0 Å². The van der Waals surface area contributed by atoms with Gasteiger partial charge in [-0.2, -0.15) is 0 Å². The third-order valence-electron chi connectivity index (χ3n) is 1.78. The summed E-state index contributed by atoms with van der Waals surface area (Å²) in [5, 5.41) is 1.52. The van der Waals surface area contributed by atoms with Gasteiger partial charge < -0.3 is 5.73 Å². The normalized spacial score (nSPS) is 10.5. The van der Waals surface area contributed by atoms with E-state index >= 15 is 0 Å². The number of hydrogen-bond donors (Lipinski definition) is 1. The molecule has 0 saturated heterocycles. The van der Waals surface area contributed by atoms with Gasteiger partial charge in [0.05, 0.1) is 6.20 Å². The van der Waals surface area contributed by atoms with Crippen molar-refractivity contribution in [3.05, 3.63) is 41.0 Å². The van der Waals surface area contributed by atoms with E-state index in [0.717, 1.165) is 20.1 Å². The molecular weight excluding hydrogens is 248 g/mol. The third-order valence-corrected chi connectivity index (χ3v) is 4.08. The minimum Gasteiger partial charge on any atom is -0.389 e. The molecule has 0 aliphatic carbocycles. The van der Waals surface area contributed by atoms with E-state index in [4.69, 9.17) is 17.3 Å². The average Bonchev–Trinajstić information content (AvgIpc) is 2.64. The molecule has 0 fully saturated rings. The number of hydrogen-bond acceptors (Lipinski definition) is 4. The predicted molar refractivity (Wildman–Crippen MR) is 67.5 cm³/mol. The van der Waals surface area contributed by atoms with Gasteiger partial charge >= 0.3 is 0 Å². The van der Waals surface area contributed by atoms with Crippen LogP contribution in [-0.2, 0) is 5.75 Å². The number of thiazole rings is 1. The summed E-state index contributed by atoms with van der Waals surface area (Å²) in [5.41, 5.74) is 6.83. The van der Waals surface area contributed by atoms with Crippen LogP contribution in [0.5, 0.6) is 0 Å². The zero-order valence-electron chi connectivity index (χ0n) is 7.81. The number of nitrogens with two attached hydrogens (primary N) is 1. The van der Waals surface area contributed by atoms with E-state index in [-0.39, 0.29) is 0 Å². The molecule has 5 heteroatoms. The Kier molecular flexibility index (Phi) is 3.51. The molecule has 0 radical (unpaired) electrons. The van der Waals surface area contributed by atoms with E-state index in [0.29, 0.717) is 0 Å². The van der Waals surface area contributed by atoms with Gasteiger partial charge in [-0.05, 0) is 17.7 Å². The SMILES string of the molecule is Nc1cnc(SCc2ccc(Cl)cc2)s1. The first-order chi connectivity index (χ1) is 7.24. The number of thioether (sulfide) groups is 1. The van der Waals surface area contributed by atoms with Crippen LogP contribution < -0.4 is 5.73 Å². The number of halogens is 1. The van der Waals surface area contributed by atoms with Crippen molar-refractivity contribution in [2.24, 2.45) is 0 Å². The second kappa shape index (κ2) is 4.88. The lowest BCUT2D eigenvalue weighted by molar-refractivity contribution is 1.24. The minimum absolute atomic E-state index is 0.758. The first-order valence-corrected chi connectivity index (χ1v) is 6.50. The number of nitrogens with zero attached hydrogens (tertiary/aromatic N) is 1. The third kappa shape index (κ3) is 3.12. The van der Waals surface area contributed by atoms with Gasteiger partial charge in [-0.3, -0.25) is 0 Å². The molecule has 78 valence electrons. The minimum atomic E-state index is 0.758. The Labute approximate surface area is 101 Å². The highest BCUT2D eigenvalue weighted by molar-refractivity contribution is 8.00. The summed E-state index contributed by atoms with van der Waals surface area (Å²) in [6, 6.07) is 7.83. The zero-order chi connectivity index (χ0) is 10.7. The van der Waals surface area contributed by atoms with Gasteiger partial charge in [0.15, 0.2) is 4.34 Å². The second-order valence-corrected chi connectivity index (χ2v) is 5.66. The molecule has 2 aromatic rings. The molecule has 0 aliphatic rings. The summed E-state index contributed by atoms with van der Waals surface area (Å²) in [7, 11) is 0. The monoisotopic (exact) mass is 256 g/mol. The smallest absolute Gasteiger partial charge is 0.152 e. The quantitative estimate of drug-likeness (QED) is 0.852. The lowest BCUT2D eigenvalue weighted by Crippen LogP contribution is -1.78. The van der Waals surface area contributed by atoms with Gasteiger partial charge in [0.1, 0.15) is 5.00 Å². The molecule has 0 saturated carbocycles. The lowest BCUT2D eigenvalue weighted by atomic mass is 10.2. The van der Waals surface area contributed by atoms with Gasteiger partial charge in [-0.25, -0.2) is 4.98 Å². The van der Waals surface area contributed by atoms with Crippen molar-refractivity contribution < 1.29 is 0 Å². The molecule has 0 aliphatic heterocycles. The number of anilines is 1. The fourth-order valence-corrected chi connectivity index (χ4v) is 2.91. The summed E-state index contributed by atoms with van der Waals surface area (Å²) in [5.74, 6) is 0.893. The Morgan fingerprint density at radius 2 is 2.07 bits per heavy atom. The topological polar surface area (TPSA) is 38.9 Å². The summed E-state index contributed by atoms with van der Waals surface area (Å²) >= 11 is 9.00. The van der Waals surface area contributed by atoms with E-state index in [2.05, 4.69) is 4.98 Å². The highest BCUT2D eigenvalue weighted by Crippen LogP contribution is 2.28. The van der Waals surface area contributed by atoms with Crippen molar-refractivity contribution in [3.8, 4) is 0 Å². The lowest BCUT2D eigenvalue weighted by Gasteiger charge is -1.98. The number of benzene rings is 1. The van der Waals surface area contributed by atoms with Gasteiger partial charge in [0, 0.05) is 10.8 Å². The van der Waals surface area contributed by atoms with Crippen LogP contribution >= 0.6 is 34.7 Å². The summed E-state index contributed by atoms with van der Waals surface area (Å²) in [4.78, 5) is 4.18. The molecule has 15 heavy (non-hydrogen) atoms. The van der Waals surface area contributed by atoms with Crippen LogP contribution in [0.25, 0.3) is 0 Å². The van der Waals surface area contributed by atoms with Crippen LogP contribution in [0.15, 0.2) is 34.8 Å². The van der Waals surface area contributed by atoms with E-state index in [1.54, 1.807) is 18.0 Å². The highest BCUT2D eigenvalue weighted by Gasteiger charge is 2.00. The van der Waals surface area contributed by atoms with E-state index in [1.807, 2.05) is 24.3 Å². The van der Waals surface area contributed by atoms with E-state index in [1.165, 1.54) is 16.9 Å². The van der Waals surface area contributed by atoms with Crippen molar-refractivity contribution in [2.75, 3.05) is 5.73 Å². The van der Waals surface area contributed by atoms with E-state index < -0.39 is 0 Å². The van der Waals surface area contributed by atoms with Gasteiger partial charge in [0.2, 0.25) is 0 Å². The van der Waals surface area contributed by atoms with Gasteiger partial charge in [0.25, 0.3) is 0 Å². The molecule has 0 bridgehead atoms. The van der Waals surface area contributed by atoms with Crippen LogP contribution in [0.1, 0.15) is 5.56 Å². The van der Waals surface area contributed by atoms with Gasteiger partial charge in [-0.1, -0.05) is 46.8 Å². The van der Waals surface area contributed by atoms with Crippen molar-refractivity contribution in [2.45, 2.75) is 10.1 Å². The fraction of sp³-hybridized carbons (Fsp3) is 0.100. The first kappa shape index (κ1) is 10.8. The highest BCUT2D eigenvalue weighted by atomic mass is 35.5. The molecule has 2 rings (SSSR count). The molecule has 0 atom stereocenters. The van der Waals surface area contributed by atoms with Crippen molar-refractivity contribution >= 4 is 39.7 Å². The molecule has 1 aromatic heterocycles. The molecule has 2 N–H and O–H groups in total. The van der Waals surface area contributed by atoms with Crippen LogP contribution in [0.3, 0.4) is 0 Å². The largest absolute Gasteiger partial charge is 0.389 e. The molecule has 2 nitrogen and oxygen atoms in total. The second-order valence-electron chi connectivity index (χ2n) is 2.94. The maximum absolute atomic E-state index is 5.80. The Bertz CT molecular complexity index is 439. The van der Waals surface area contributed by atoms with E-state index in [9.17, 15) is 0 Å². The number of nitrogen functional groups attached to an aromatic ring is 1. The Morgan fingerprint density at radius 3 is 2.67 bits per heavy atom. The molecule has 0 unspecified atom stereocenters. The summed E-state index contributed by atoms with van der Waals surface area (Å²) < 4.78 is 1.00.